The van der Waals surface area contributed by atoms with Gasteiger partial charge in [0.2, 0.25) is 10.0 Å². The first-order valence-electron chi connectivity index (χ1n) is 7.69. The van der Waals surface area contributed by atoms with E-state index >= 15 is 0 Å². The Balaban J connectivity index is 1.70. The Kier molecular flexibility index (Phi) is 4.75. The van der Waals surface area contributed by atoms with Crippen molar-refractivity contribution in [1.29, 1.82) is 0 Å². The maximum absolute atomic E-state index is 12.8. The fraction of sp³-hybridized carbons (Fsp3) is 0.438. The minimum absolute atomic E-state index is 0.318. The Bertz CT molecular complexity index is 767. The molecule has 0 spiro atoms. The quantitative estimate of drug-likeness (QED) is 0.849. The molecule has 0 N–H and O–H groups in total. The molecule has 2 aromatic rings. The van der Waals surface area contributed by atoms with Gasteiger partial charge in [-0.3, -0.25) is 0 Å². The van der Waals surface area contributed by atoms with E-state index in [4.69, 9.17) is 11.6 Å². The smallest absolute Gasteiger partial charge is 0.243 e. The molecular formula is C16H20ClN3O2S. The highest BCUT2D eigenvalue weighted by atomic mass is 35.5. The summed E-state index contributed by atoms with van der Waals surface area (Å²) in [4.78, 5) is 4.36. The molecule has 0 bridgehead atoms. The van der Waals surface area contributed by atoms with Crippen molar-refractivity contribution in [3.8, 4) is 0 Å². The van der Waals surface area contributed by atoms with Crippen LogP contribution in [0.1, 0.15) is 18.4 Å². The minimum Gasteiger partial charge on any atom is -0.337 e. The summed E-state index contributed by atoms with van der Waals surface area (Å²) in [6.45, 7) is 3.74. The molecule has 0 unspecified atom stereocenters. The molecule has 1 aromatic carbocycles. The van der Waals surface area contributed by atoms with Gasteiger partial charge in [-0.2, -0.15) is 4.31 Å². The van der Waals surface area contributed by atoms with Gasteiger partial charge in [0.15, 0.2) is 0 Å². The molecular weight excluding hydrogens is 334 g/mol. The Morgan fingerprint density at radius 1 is 1.30 bits per heavy atom. The standard InChI is InChI=1S/C16H20ClN3O2S/c1-13-15(17)3-2-4-16(13)23(21,22)20-8-5-14(6-9-20)11-19-10-7-18-12-19/h2-4,7,10,12,14H,5-6,8-9,11H2,1H3. The van der Waals surface area contributed by atoms with Crippen LogP contribution in [0.4, 0.5) is 0 Å². The molecule has 1 saturated heterocycles. The van der Waals surface area contributed by atoms with Crippen LogP contribution in [0.2, 0.25) is 5.02 Å². The first-order chi connectivity index (χ1) is 11.0. The van der Waals surface area contributed by atoms with Crippen molar-refractivity contribution < 1.29 is 8.42 Å². The van der Waals surface area contributed by atoms with E-state index in [-0.39, 0.29) is 0 Å². The molecule has 1 aliphatic rings. The van der Waals surface area contributed by atoms with E-state index in [0.717, 1.165) is 19.4 Å². The SMILES string of the molecule is Cc1c(Cl)cccc1S(=O)(=O)N1CCC(Cn2ccnc2)CC1. The van der Waals surface area contributed by atoms with Gasteiger partial charge >= 0.3 is 0 Å². The van der Waals surface area contributed by atoms with Gasteiger partial charge in [-0.25, -0.2) is 13.4 Å². The number of benzene rings is 1. The maximum atomic E-state index is 12.8. The third-order valence-electron chi connectivity index (χ3n) is 4.44. The number of hydrogen-bond donors (Lipinski definition) is 0. The molecule has 7 heteroatoms. The first-order valence-corrected chi connectivity index (χ1v) is 9.51. The van der Waals surface area contributed by atoms with E-state index in [1.165, 1.54) is 0 Å². The highest BCUT2D eigenvalue weighted by Gasteiger charge is 2.30. The second kappa shape index (κ2) is 6.63. The molecule has 124 valence electrons. The zero-order valence-corrected chi connectivity index (χ0v) is 14.6. The van der Waals surface area contributed by atoms with Crippen molar-refractivity contribution in [3.05, 3.63) is 47.5 Å². The largest absolute Gasteiger partial charge is 0.337 e. The van der Waals surface area contributed by atoms with Crippen LogP contribution in [0.25, 0.3) is 0 Å². The molecule has 1 fully saturated rings. The van der Waals surface area contributed by atoms with E-state index in [1.807, 2.05) is 6.20 Å². The summed E-state index contributed by atoms with van der Waals surface area (Å²) in [6.07, 6.45) is 7.23. The van der Waals surface area contributed by atoms with Crippen LogP contribution in [0.3, 0.4) is 0 Å². The number of rotatable bonds is 4. The van der Waals surface area contributed by atoms with Crippen molar-refractivity contribution in [3.63, 3.8) is 0 Å². The van der Waals surface area contributed by atoms with Crippen molar-refractivity contribution in [2.45, 2.75) is 31.2 Å². The van der Waals surface area contributed by atoms with Gasteiger partial charge in [-0.15, -0.1) is 0 Å². The lowest BCUT2D eigenvalue weighted by atomic mass is 9.98. The highest BCUT2D eigenvalue weighted by molar-refractivity contribution is 7.89. The predicted octanol–water partition coefficient (Wildman–Crippen LogP) is 2.95. The lowest BCUT2D eigenvalue weighted by molar-refractivity contribution is 0.253. The number of imidazole rings is 1. The Hall–Kier alpha value is -1.37. The van der Waals surface area contributed by atoms with Gasteiger partial charge in [-0.1, -0.05) is 17.7 Å². The van der Waals surface area contributed by atoms with E-state index in [2.05, 4.69) is 9.55 Å². The maximum Gasteiger partial charge on any atom is 0.243 e. The van der Waals surface area contributed by atoms with Crippen molar-refractivity contribution in [2.24, 2.45) is 5.92 Å². The molecule has 1 aliphatic heterocycles. The van der Waals surface area contributed by atoms with Crippen molar-refractivity contribution in [2.75, 3.05) is 13.1 Å². The Labute approximate surface area is 141 Å². The minimum atomic E-state index is -3.47. The molecule has 23 heavy (non-hydrogen) atoms. The average molecular weight is 354 g/mol. The number of halogens is 1. The van der Waals surface area contributed by atoms with Crippen molar-refractivity contribution in [1.82, 2.24) is 13.9 Å². The molecule has 0 saturated carbocycles. The molecule has 3 rings (SSSR count). The second-order valence-electron chi connectivity index (χ2n) is 5.97. The summed E-state index contributed by atoms with van der Waals surface area (Å²) in [5.41, 5.74) is 0.620. The number of piperidine rings is 1. The summed E-state index contributed by atoms with van der Waals surface area (Å²) >= 11 is 6.07. The lowest BCUT2D eigenvalue weighted by Crippen LogP contribution is -2.39. The number of aromatic nitrogens is 2. The van der Waals surface area contributed by atoms with E-state index in [9.17, 15) is 8.42 Å². The summed E-state index contributed by atoms with van der Waals surface area (Å²) in [7, 11) is -3.47. The highest BCUT2D eigenvalue weighted by Crippen LogP contribution is 2.29. The molecule has 0 amide bonds. The summed E-state index contributed by atoms with van der Waals surface area (Å²) < 4.78 is 29.3. The third kappa shape index (κ3) is 3.44. The average Bonchev–Trinajstić information content (AvgIpc) is 3.03. The van der Waals surface area contributed by atoms with E-state index < -0.39 is 10.0 Å². The van der Waals surface area contributed by atoms with Crippen molar-refractivity contribution >= 4 is 21.6 Å². The molecule has 5 nitrogen and oxygen atoms in total. The third-order valence-corrected chi connectivity index (χ3v) is 6.89. The van der Waals surface area contributed by atoms with E-state index in [0.29, 0.717) is 34.5 Å². The zero-order valence-electron chi connectivity index (χ0n) is 13.0. The van der Waals surface area contributed by atoms with Gasteiger partial charge in [0, 0.05) is 37.1 Å². The first kappa shape index (κ1) is 16.5. The number of hydrogen-bond acceptors (Lipinski definition) is 3. The van der Waals surface area contributed by atoms with Gasteiger partial charge < -0.3 is 4.57 Å². The number of nitrogens with zero attached hydrogens (tertiary/aromatic N) is 3. The summed E-state index contributed by atoms with van der Waals surface area (Å²) in [5.74, 6) is 0.483. The van der Waals surface area contributed by atoms with Crippen LogP contribution in [-0.4, -0.2) is 35.4 Å². The molecule has 0 radical (unpaired) electrons. The molecule has 2 heterocycles. The van der Waals surface area contributed by atoms with Crippen LogP contribution in [-0.2, 0) is 16.6 Å². The van der Waals surface area contributed by atoms with Gasteiger partial charge in [0.05, 0.1) is 11.2 Å². The fourth-order valence-electron chi connectivity index (χ4n) is 3.03. The summed E-state index contributed by atoms with van der Waals surface area (Å²) in [5, 5.41) is 0.487. The van der Waals surface area contributed by atoms with Gasteiger partial charge in [0.25, 0.3) is 0 Å². The van der Waals surface area contributed by atoms with Crippen LogP contribution >= 0.6 is 11.6 Å². The van der Waals surface area contributed by atoms with Crippen LogP contribution < -0.4 is 0 Å². The number of sulfonamides is 1. The summed E-state index contributed by atoms with van der Waals surface area (Å²) in [6, 6.07) is 5.04. The fourth-order valence-corrected chi connectivity index (χ4v) is 4.98. The molecule has 1 aromatic heterocycles. The van der Waals surface area contributed by atoms with Gasteiger partial charge in [0.1, 0.15) is 0 Å². The molecule has 0 atom stereocenters. The second-order valence-corrected chi connectivity index (χ2v) is 8.28. The van der Waals surface area contributed by atoms with Gasteiger partial charge in [-0.05, 0) is 43.4 Å². The van der Waals surface area contributed by atoms with Crippen LogP contribution in [0.5, 0.6) is 0 Å². The van der Waals surface area contributed by atoms with E-state index in [1.54, 1.807) is 42.0 Å². The lowest BCUT2D eigenvalue weighted by Gasteiger charge is -2.31. The topological polar surface area (TPSA) is 55.2 Å². The van der Waals surface area contributed by atoms with Crippen LogP contribution in [0, 0.1) is 12.8 Å². The normalized spacial score (nSPS) is 17.5. The zero-order chi connectivity index (χ0) is 16.4. The molecule has 0 aliphatic carbocycles. The predicted molar refractivity (Wildman–Crippen MR) is 89.9 cm³/mol. The Morgan fingerprint density at radius 3 is 2.70 bits per heavy atom. The monoisotopic (exact) mass is 353 g/mol. The van der Waals surface area contributed by atoms with Crippen LogP contribution in [0.15, 0.2) is 41.8 Å². The Morgan fingerprint density at radius 2 is 2.04 bits per heavy atom.